The molecule has 1 aliphatic carbocycles. The standard InChI is InChI=1S/C13H20N2/c1-2-5-10-6-3-4-7-13(10)15-12-8-11(14)9-12/h3-4,6-7,11-12,15H,2,5,8-9,14H2,1H3. The van der Waals surface area contributed by atoms with E-state index in [2.05, 4.69) is 36.5 Å². The summed E-state index contributed by atoms with van der Waals surface area (Å²) in [5.41, 5.74) is 8.51. The third kappa shape index (κ3) is 2.51. The Morgan fingerprint density at radius 1 is 1.33 bits per heavy atom. The van der Waals surface area contributed by atoms with Gasteiger partial charge in [-0.2, -0.15) is 0 Å². The first-order valence-electron chi connectivity index (χ1n) is 5.89. The maximum absolute atomic E-state index is 5.78. The molecule has 0 unspecified atom stereocenters. The van der Waals surface area contributed by atoms with Gasteiger partial charge >= 0.3 is 0 Å². The van der Waals surface area contributed by atoms with Gasteiger partial charge in [-0.1, -0.05) is 31.5 Å². The van der Waals surface area contributed by atoms with Crippen LogP contribution in [0.15, 0.2) is 24.3 Å². The molecule has 2 heteroatoms. The molecule has 0 amide bonds. The summed E-state index contributed by atoms with van der Waals surface area (Å²) in [6, 6.07) is 9.61. The van der Waals surface area contributed by atoms with E-state index in [1.807, 2.05) is 0 Å². The van der Waals surface area contributed by atoms with Crippen LogP contribution in [0.25, 0.3) is 0 Å². The zero-order valence-electron chi connectivity index (χ0n) is 9.37. The Morgan fingerprint density at radius 2 is 2.07 bits per heavy atom. The van der Waals surface area contributed by atoms with Gasteiger partial charge in [-0.3, -0.25) is 0 Å². The summed E-state index contributed by atoms with van der Waals surface area (Å²) in [4.78, 5) is 0. The lowest BCUT2D eigenvalue weighted by atomic mass is 9.87. The first kappa shape index (κ1) is 10.5. The highest BCUT2D eigenvalue weighted by atomic mass is 15.0. The van der Waals surface area contributed by atoms with Crippen molar-refractivity contribution < 1.29 is 0 Å². The second kappa shape index (κ2) is 4.67. The topological polar surface area (TPSA) is 38.0 Å². The van der Waals surface area contributed by atoms with E-state index in [9.17, 15) is 0 Å². The van der Waals surface area contributed by atoms with Gasteiger partial charge in [0.1, 0.15) is 0 Å². The molecule has 3 N–H and O–H groups in total. The van der Waals surface area contributed by atoms with Crippen molar-refractivity contribution in [3.05, 3.63) is 29.8 Å². The maximum Gasteiger partial charge on any atom is 0.0374 e. The Bertz CT molecular complexity index is 316. The van der Waals surface area contributed by atoms with Gasteiger partial charge in [-0.15, -0.1) is 0 Å². The van der Waals surface area contributed by atoms with E-state index in [4.69, 9.17) is 5.73 Å². The number of nitrogens with two attached hydrogens (primary N) is 1. The number of anilines is 1. The Kier molecular flexibility index (Phi) is 3.27. The van der Waals surface area contributed by atoms with Gasteiger partial charge in [0.25, 0.3) is 0 Å². The first-order valence-corrected chi connectivity index (χ1v) is 5.89. The Morgan fingerprint density at radius 3 is 2.73 bits per heavy atom. The van der Waals surface area contributed by atoms with Crippen LogP contribution in [-0.2, 0) is 6.42 Å². The van der Waals surface area contributed by atoms with Crippen molar-refractivity contribution in [3.8, 4) is 0 Å². The van der Waals surface area contributed by atoms with Crippen LogP contribution in [0.4, 0.5) is 5.69 Å². The molecule has 0 aliphatic heterocycles. The lowest BCUT2D eigenvalue weighted by Gasteiger charge is -2.34. The molecule has 0 aromatic heterocycles. The zero-order valence-corrected chi connectivity index (χ0v) is 9.37. The minimum atomic E-state index is 0.417. The monoisotopic (exact) mass is 204 g/mol. The van der Waals surface area contributed by atoms with E-state index in [-0.39, 0.29) is 0 Å². The molecule has 0 atom stereocenters. The molecule has 0 spiro atoms. The predicted molar refractivity (Wildman–Crippen MR) is 65.1 cm³/mol. The van der Waals surface area contributed by atoms with Crippen molar-refractivity contribution >= 4 is 5.69 Å². The van der Waals surface area contributed by atoms with Crippen LogP contribution in [0, 0.1) is 0 Å². The molecule has 1 saturated carbocycles. The molecule has 0 heterocycles. The Labute approximate surface area is 91.9 Å². The van der Waals surface area contributed by atoms with E-state index >= 15 is 0 Å². The quantitative estimate of drug-likeness (QED) is 0.791. The highest BCUT2D eigenvalue weighted by Gasteiger charge is 2.25. The highest BCUT2D eigenvalue weighted by molar-refractivity contribution is 5.52. The maximum atomic E-state index is 5.78. The van der Waals surface area contributed by atoms with Crippen LogP contribution in [0.2, 0.25) is 0 Å². The second-order valence-electron chi connectivity index (χ2n) is 4.48. The summed E-state index contributed by atoms with van der Waals surface area (Å²) in [5, 5.41) is 3.58. The molecule has 2 nitrogen and oxygen atoms in total. The molecule has 2 rings (SSSR count). The molecule has 0 saturated heterocycles. The minimum absolute atomic E-state index is 0.417. The number of hydrogen-bond donors (Lipinski definition) is 2. The normalized spacial score (nSPS) is 24.7. The fraction of sp³-hybridized carbons (Fsp3) is 0.538. The molecule has 82 valence electrons. The van der Waals surface area contributed by atoms with Crippen molar-refractivity contribution in [2.45, 2.75) is 44.7 Å². The number of nitrogens with one attached hydrogen (secondary N) is 1. The second-order valence-corrected chi connectivity index (χ2v) is 4.48. The summed E-state index contributed by atoms with van der Waals surface area (Å²) in [6.07, 6.45) is 4.58. The first-order chi connectivity index (χ1) is 7.29. The van der Waals surface area contributed by atoms with Gasteiger partial charge in [-0.25, -0.2) is 0 Å². The van der Waals surface area contributed by atoms with Crippen molar-refractivity contribution in [3.63, 3.8) is 0 Å². The zero-order chi connectivity index (χ0) is 10.7. The number of rotatable bonds is 4. The molecular formula is C13H20N2. The van der Waals surface area contributed by atoms with Crippen LogP contribution in [0.3, 0.4) is 0 Å². The molecule has 0 radical (unpaired) electrons. The van der Waals surface area contributed by atoms with E-state index < -0.39 is 0 Å². The Balaban J connectivity index is 2.00. The summed E-state index contributed by atoms with van der Waals surface area (Å²) in [6.45, 7) is 2.22. The number of hydrogen-bond acceptors (Lipinski definition) is 2. The van der Waals surface area contributed by atoms with Crippen molar-refractivity contribution in [2.24, 2.45) is 5.73 Å². The van der Waals surface area contributed by atoms with E-state index in [1.165, 1.54) is 17.7 Å². The number of para-hydroxylation sites is 1. The molecule has 1 aromatic rings. The Hall–Kier alpha value is -1.02. The molecular weight excluding hydrogens is 184 g/mol. The van der Waals surface area contributed by atoms with Gasteiger partial charge in [-0.05, 0) is 30.9 Å². The SMILES string of the molecule is CCCc1ccccc1NC1CC(N)C1. The van der Waals surface area contributed by atoms with Crippen LogP contribution in [0.5, 0.6) is 0 Å². The van der Waals surface area contributed by atoms with Crippen molar-refractivity contribution in [1.82, 2.24) is 0 Å². The fourth-order valence-electron chi connectivity index (χ4n) is 2.15. The molecule has 1 fully saturated rings. The summed E-state index contributed by atoms with van der Waals surface area (Å²) < 4.78 is 0. The summed E-state index contributed by atoms with van der Waals surface area (Å²) in [7, 11) is 0. The molecule has 15 heavy (non-hydrogen) atoms. The van der Waals surface area contributed by atoms with Gasteiger partial charge in [0.15, 0.2) is 0 Å². The van der Waals surface area contributed by atoms with Gasteiger partial charge in [0.2, 0.25) is 0 Å². The third-order valence-corrected chi connectivity index (χ3v) is 3.07. The number of aryl methyl sites for hydroxylation is 1. The van der Waals surface area contributed by atoms with Crippen molar-refractivity contribution in [2.75, 3.05) is 5.32 Å². The fourth-order valence-corrected chi connectivity index (χ4v) is 2.15. The summed E-state index contributed by atoms with van der Waals surface area (Å²) in [5.74, 6) is 0. The van der Waals surface area contributed by atoms with E-state index in [1.54, 1.807) is 0 Å². The number of benzene rings is 1. The summed E-state index contributed by atoms with van der Waals surface area (Å²) >= 11 is 0. The van der Waals surface area contributed by atoms with Crippen LogP contribution in [0.1, 0.15) is 31.7 Å². The average Bonchev–Trinajstić information content (AvgIpc) is 2.19. The minimum Gasteiger partial charge on any atom is -0.382 e. The van der Waals surface area contributed by atoms with Crippen LogP contribution >= 0.6 is 0 Å². The smallest absolute Gasteiger partial charge is 0.0374 e. The lowest BCUT2D eigenvalue weighted by molar-refractivity contribution is 0.373. The largest absolute Gasteiger partial charge is 0.382 e. The van der Waals surface area contributed by atoms with Crippen LogP contribution < -0.4 is 11.1 Å². The van der Waals surface area contributed by atoms with Gasteiger partial charge < -0.3 is 11.1 Å². The highest BCUT2D eigenvalue weighted by Crippen LogP contribution is 2.25. The van der Waals surface area contributed by atoms with Crippen molar-refractivity contribution in [1.29, 1.82) is 0 Å². The lowest BCUT2D eigenvalue weighted by Crippen LogP contribution is -2.44. The van der Waals surface area contributed by atoms with Gasteiger partial charge in [0, 0.05) is 17.8 Å². The predicted octanol–water partition coefficient (Wildman–Crippen LogP) is 2.54. The van der Waals surface area contributed by atoms with Crippen LogP contribution in [-0.4, -0.2) is 12.1 Å². The van der Waals surface area contributed by atoms with Gasteiger partial charge in [0.05, 0.1) is 0 Å². The van der Waals surface area contributed by atoms with E-state index in [0.717, 1.165) is 19.3 Å². The third-order valence-electron chi connectivity index (χ3n) is 3.07. The molecule has 0 bridgehead atoms. The molecule has 1 aromatic carbocycles. The average molecular weight is 204 g/mol. The van der Waals surface area contributed by atoms with E-state index in [0.29, 0.717) is 12.1 Å². The molecule has 1 aliphatic rings.